The highest BCUT2D eigenvalue weighted by atomic mass is 79.9. The molecule has 0 amide bonds. The number of hydrogen-bond acceptors (Lipinski definition) is 4. The van der Waals surface area contributed by atoms with Gasteiger partial charge in [0.25, 0.3) is 5.56 Å². The van der Waals surface area contributed by atoms with Crippen molar-refractivity contribution in [3.05, 3.63) is 91.5 Å². The second-order valence-electron chi connectivity index (χ2n) is 7.45. The molecular weight excluding hydrogens is 472 g/mol. The minimum absolute atomic E-state index is 0.117. The van der Waals surface area contributed by atoms with Crippen LogP contribution in [-0.4, -0.2) is 9.97 Å². The van der Waals surface area contributed by atoms with Gasteiger partial charge in [0.2, 0.25) is 0 Å². The molecule has 3 aromatic carbocycles. The van der Waals surface area contributed by atoms with E-state index in [1.54, 1.807) is 11.3 Å². The average Bonchev–Trinajstić information content (AvgIpc) is 3.06. The van der Waals surface area contributed by atoms with Gasteiger partial charge in [-0.05, 0) is 53.9 Å². The Kier molecular flexibility index (Phi) is 5.12. The molecule has 6 heteroatoms. The average molecular weight is 491 g/mol. The van der Waals surface area contributed by atoms with E-state index in [1.807, 2.05) is 74.5 Å². The van der Waals surface area contributed by atoms with Gasteiger partial charge in [-0.1, -0.05) is 58.4 Å². The largest absolute Gasteiger partial charge is 0.488 e. The zero-order chi connectivity index (χ0) is 21.5. The number of H-pyrrole nitrogens is 1. The molecule has 0 unspecified atom stereocenters. The third kappa shape index (κ3) is 3.66. The maximum absolute atomic E-state index is 12.9. The summed E-state index contributed by atoms with van der Waals surface area (Å²) >= 11 is 5.01. The molecule has 0 fully saturated rings. The van der Waals surface area contributed by atoms with Gasteiger partial charge in [0.15, 0.2) is 0 Å². The van der Waals surface area contributed by atoms with Crippen LogP contribution in [0.25, 0.3) is 32.4 Å². The normalized spacial score (nSPS) is 11.3. The van der Waals surface area contributed by atoms with Gasteiger partial charge in [0.1, 0.15) is 23.0 Å². The van der Waals surface area contributed by atoms with E-state index >= 15 is 0 Å². The van der Waals surface area contributed by atoms with Crippen molar-refractivity contribution < 1.29 is 4.74 Å². The van der Waals surface area contributed by atoms with E-state index < -0.39 is 0 Å². The van der Waals surface area contributed by atoms with Crippen LogP contribution < -0.4 is 10.3 Å². The lowest BCUT2D eigenvalue weighted by molar-refractivity contribution is 0.307. The van der Waals surface area contributed by atoms with E-state index in [4.69, 9.17) is 9.72 Å². The Balaban J connectivity index is 1.67. The van der Waals surface area contributed by atoms with Gasteiger partial charge in [-0.15, -0.1) is 11.3 Å². The molecule has 154 valence electrons. The van der Waals surface area contributed by atoms with Gasteiger partial charge in [-0.25, -0.2) is 4.98 Å². The van der Waals surface area contributed by atoms with Crippen molar-refractivity contribution in [2.24, 2.45) is 0 Å². The fraction of sp³-hybridized carbons (Fsp3) is 0.120. The lowest BCUT2D eigenvalue weighted by atomic mass is 10.0. The van der Waals surface area contributed by atoms with Crippen molar-refractivity contribution in [1.82, 2.24) is 9.97 Å². The molecule has 5 rings (SSSR count). The van der Waals surface area contributed by atoms with Crippen LogP contribution in [0.5, 0.6) is 5.75 Å². The molecule has 0 saturated heterocycles. The Morgan fingerprint density at radius 3 is 2.61 bits per heavy atom. The van der Waals surface area contributed by atoms with E-state index in [9.17, 15) is 4.79 Å². The lowest BCUT2D eigenvalue weighted by Crippen LogP contribution is -2.10. The Morgan fingerprint density at radius 2 is 1.81 bits per heavy atom. The van der Waals surface area contributed by atoms with Gasteiger partial charge < -0.3 is 9.72 Å². The number of nitrogens with one attached hydrogen (secondary N) is 1. The fourth-order valence-corrected chi connectivity index (χ4v) is 5.03. The topological polar surface area (TPSA) is 55.0 Å². The molecule has 0 spiro atoms. The summed E-state index contributed by atoms with van der Waals surface area (Å²) in [7, 11) is 0. The summed E-state index contributed by atoms with van der Waals surface area (Å²) in [6.07, 6.45) is 0. The third-order valence-electron chi connectivity index (χ3n) is 5.47. The van der Waals surface area contributed by atoms with Crippen molar-refractivity contribution in [2.45, 2.75) is 20.5 Å². The van der Waals surface area contributed by atoms with E-state index in [1.165, 1.54) is 0 Å². The van der Waals surface area contributed by atoms with Crippen LogP contribution in [0.4, 0.5) is 0 Å². The first-order chi connectivity index (χ1) is 15.0. The van der Waals surface area contributed by atoms with Crippen LogP contribution in [0.1, 0.15) is 16.0 Å². The number of ether oxygens (including phenoxy) is 1. The van der Waals surface area contributed by atoms with Crippen molar-refractivity contribution in [3.63, 3.8) is 0 Å². The lowest BCUT2D eigenvalue weighted by Gasteiger charge is -2.14. The highest BCUT2D eigenvalue weighted by Gasteiger charge is 2.18. The molecule has 1 N–H and O–H groups in total. The molecule has 31 heavy (non-hydrogen) atoms. The zero-order valence-corrected chi connectivity index (χ0v) is 19.4. The van der Waals surface area contributed by atoms with Gasteiger partial charge in [-0.2, -0.15) is 0 Å². The number of halogens is 1. The van der Waals surface area contributed by atoms with Crippen LogP contribution >= 0.6 is 27.3 Å². The maximum Gasteiger partial charge on any atom is 0.260 e. The summed E-state index contributed by atoms with van der Waals surface area (Å²) in [5.41, 5.74) is 2.74. The molecule has 4 nitrogen and oxygen atoms in total. The highest BCUT2D eigenvalue weighted by molar-refractivity contribution is 9.10. The Bertz CT molecular complexity index is 1490. The second kappa shape index (κ2) is 7.94. The maximum atomic E-state index is 12.9. The van der Waals surface area contributed by atoms with E-state index in [2.05, 4.69) is 20.9 Å². The number of nitrogens with zero attached hydrogens (tertiary/aromatic N) is 1. The summed E-state index contributed by atoms with van der Waals surface area (Å²) in [4.78, 5) is 22.6. The third-order valence-corrected chi connectivity index (χ3v) is 7.10. The molecule has 0 atom stereocenters. The van der Waals surface area contributed by atoms with Crippen molar-refractivity contribution >= 4 is 48.3 Å². The summed E-state index contributed by atoms with van der Waals surface area (Å²) in [5.74, 6) is 1.22. The number of fused-ring (bicyclic) bond motifs is 2. The molecule has 0 bridgehead atoms. The SMILES string of the molecule is Cc1sc2nc(-c3c(OCc4ccc(Br)cc4)ccc4ccccc34)[nH]c(=O)c2c1C. The first-order valence-electron chi connectivity index (χ1n) is 9.90. The van der Waals surface area contributed by atoms with Crippen molar-refractivity contribution in [1.29, 1.82) is 0 Å². The van der Waals surface area contributed by atoms with Crippen LogP contribution in [0, 0.1) is 13.8 Å². The summed E-state index contributed by atoms with van der Waals surface area (Å²) in [6.45, 7) is 4.41. The predicted octanol–water partition coefficient (Wildman–Crippen LogP) is 6.76. The van der Waals surface area contributed by atoms with Crippen LogP contribution in [0.2, 0.25) is 0 Å². The summed E-state index contributed by atoms with van der Waals surface area (Å²) in [5, 5.41) is 2.72. The first kappa shape index (κ1) is 20.0. The standard InChI is InChI=1S/C25H19BrN2O2S/c1-14-15(2)31-25-21(14)24(29)27-23(28-25)22-19-6-4-3-5-17(19)9-12-20(22)30-13-16-7-10-18(26)11-8-16/h3-12H,13H2,1-2H3,(H,27,28,29). The predicted molar refractivity (Wildman–Crippen MR) is 131 cm³/mol. The van der Waals surface area contributed by atoms with Gasteiger partial charge in [0.05, 0.1) is 10.9 Å². The zero-order valence-electron chi connectivity index (χ0n) is 17.0. The minimum atomic E-state index is -0.117. The monoisotopic (exact) mass is 490 g/mol. The van der Waals surface area contributed by atoms with Crippen molar-refractivity contribution in [3.8, 4) is 17.1 Å². The van der Waals surface area contributed by atoms with E-state index in [0.717, 1.165) is 41.6 Å². The van der Waals surface area contributed by atoms with Crippen LogP contribution in [0.15, 0.2) is 69.9 Å². The Morgan fingerprint density at radius 1 is 1.03 bits per heavy atom. The molecule has 5 aromatic rings. The Labute approximate surface area is 191 Å². The summed E-state index contributed by atoms with van der Waals surface area (Å²) in [6, 6.07) is 20.1. The number of thiophene rings is 1. The minimum Gasteiger partial charge on any atom is -0.488 e. The van der Waals surface area contributed by atoms with Gasteiger partial charge in [0, 0.05) is 9.35 Å². The molecular formula is C25H19BrN2O2S. The molecule has 0 aliphatic carbocycles. The quantitative estimate of drug-likeness (QED) is 0.302. The van der Waals surface area contributed by atoms with Crippen LogP contribution in [0.3, 0.4) is 0 Å². The molecule has 0 aliphatic rings. The first-order valence-corrected chi connectivity index (χ1v) is 11.5. The van der Waals surface area contributed by atoms with Gasteiger partial charge >= 0.3 is 0 Å². The Hall–Kier alpha value is -2.96. The molecule has 0 aliphatic heterocycles. The second-order valence-corrected chi connectivity index (χ2v) is 9.57. The molecule has 2 heterocycles. The smallest absolute Gasteiger partial charge is 0.260 e. The van der Waals surface area contributed by atoms with E-state index in [0.29, 0.717) is 23.6 Å². The number of aryl methyl sites for hydroxylation is 2. The summed E-state index contributed by atoms with van der Waals surface area (Å²) < 4.78 is 7.26. The molecule has 2 aromatic heterocycles. The van der Waals surface area contributed by atoms with Crippen molar-refractivity contribution in [2.75, 3.05) is 0 Å². The highest BCUT2D eigenvalue weighted by Crippen LogP contribution is 2.37. The number of benzene rings is 3. The van der Waals surface area contributed by atoms with E-state index in [-0.39, 0.29) is 5.56 Å². The molecule has 0 saturated carbocycles. The van der Waals surface area contributed by atoms with Crippen LogP contribution in [-0.2, 0) is 6.61 Å². The number of aromatic nitrogens is 2. The number of aromatic amines is 1. The number of hydrogen-bond donors (Lipinski definition) is 1. The fourth-order valence-electron chi connectivity index (χ4n) is 3.73. The van der Waals surface area contributed by atoms with Gasteiger partial charge in [-0.3, -0.25) is 4.79 Å². The number of rotatable bonds is 4. The molecule has 0 radical (unpaired) electrons.